The van der Waals surface area contributed by atoms with E-state index >= 15 is 0 Å². The van der Waals surface area contributed by atoms with Gasteiger partial charge in [-0.1, -0.05) is 18.2 Å². The van der Waals surface area contributed by atoms with Crippen LogP contribution in [-0.2, 0) is 24.6 Å². The monoisotopic (exact) mass is 423 g/mol. The van der Waals surface area contributed by atoms with E-state index < -0.39 is 23.3 Å². The van der Waals surface area contributed by atoms with Crippen LogP contribution in [0.15, 0.2) is 24.3 Å². The molecule has 1 saturated carbocycles. The van der Waals surface area contributed by atoms with Crippen molar-refractivity contribution in [1.82, 2.24) is 15.5 Å². The first kappa shape index (κ1) is 20.8. The minimum atomic E-state index is -1.01. The van der Waals surface area contributed by atoms with E-state index in [2.05, 4.69) is 22.0 Å². The van der Waals surface area contributed by atoms with Gasteiger partial charge in [0.1, 0.15) is 6.04 Å². The Morgan fingerprint density at radius 1 is 1.13 bits per heavy atom. The Morgan fingerprint density at radius 2 is 1.77 bits per heavy atom. The maximum atomic E-state index is 12.9. The zero-order valence-corrected chi connectivity index (χ0v) is 17.3. The van der Waals surface area contributed by atoms with E-state index in [9.17, 15) is 24.4 Å². The molecule has 9 heteroatoms. The molecule has 4 amide bonds. The number of amides is 4. The number of rotatable bonds is 2. The lowest BCUT2D eigenvalue weighted by atomic mass is 9.80. The summed E-state index contributed by atoms with van der Waals surface area (Å²) in [5, 5.41) is 18.1. The summed E-state index contributed by atoms with van der Waals surface area (Å²) in [5.74, 6) is -1.87. The van der Waals surface area contributed by atoms with Crippen molar-refractivity contribution < 1.29 is 19.2 Å². The Bertz CT molecular complexity index is 978. The maximum Gasteiger partial charge on any atom is 0.313 e. The topological polar surface area (TPSA) is 131 Å². The second kappa shape index (κ2) is 8.02. The average molecular weight is 423 g/mol. The van der Waals surface area contributed by atoms with Gasteiger partial charge < -0.3 is 20.9 Å². The third-order valence-electron chi connectivity index (χ3n) is 6.56. The summed E-state index contributed by atoms with van der Waals surface area (Å²) in [7, 11) is 0. The Kier molecular flexibility index (Phi) is 5.39. The van der Waals surface area contributed by atoms with Crippen molar-refractivity contribution in [1.29, 1.82) is 5.26 Å². The van der Waals surface area contributed by atoms with E-state index in [-0.39, 0.29) is 36.9 Å². The smallest absolute Gasteiger partial charge is 0.313 e. The standard InChI is InChI=1S/C22H25N5O4/c1-13(28)24-14-6-8-15(9-7-14)25-19(29)20(30)27-12-22(10-16(27)11-23)17-4-2-3-5-18(17)26-21(22)31/h2-5,14-16H,6-10,12H2,1H3,(H,24,28)(H,25,29)(H,26,31)/t14?,15?,16-,22-/m0/s1. The molecule has 2 atom stereocenters. The zero-order chi connectivity index (χ0) is 22.2. The number of likely N-dealkylation sites (tertiary alicyclic amines) is 1. The minimum absolute atomic E-state index is 0.00437. The van der Waals surface area contributed by atoms with E-state index in [1.807, 2.05) is 18.2 Å². The molecule has 2 heterocycles. The summed E-state index contributed by atoms with van der Waals surface area (Å²) in [5.41, 5.74) is 0.426. The van der Waals surface area contributed by atoms with Gasteiger partial charge in [0.15, 0.2) is 0 Å². The number of nitrogens with zero attached hydrogens (tertiary/aromatic N) is 2. The van der Waals surface area contributed by atoms with Gasteiger partial charge in [0.2, 0.25) is 11.8 Å². The molecule has 1 spiro atoms. The van der Waals surface area contributed by atoms with Gasteiger partial charge in [-0.3, -0.25) is 19.2 Å². The number of anilines is 1. The van der Waals surface area contributed by atoms with Crippen molar-refractivity contribution in [2.24, 2.45) is 0 Å². The van der Waals surface area contributed by atoms with Crippen LogP contribution in [0.25, 0.3) is 0 Å². The normalized spacial score (nSPS) is 29.1. The Balaban J connectivity index is 1.43. The molecular weight excluding hydrogens is 398 g/mol. The lowest BCUT2D eigenvalue weighted by Gasteiger charge is -2.30. The number of hydrogen-bond donors (Lipinski definition) is 3. The zero-order valence-electron chi connectivity index (χ0n) is 17.3. The van der Waals surface area contributed by atoms with Gasteiger partial charge in [-0.25, -0.2) is 0 Å². The van der Waals surface area contributed by atoms with Gasteiger partial charge >= 0.3 is 11.8 Å². The molecule has 31 heavy (non-hydrogen) atoms. The fourth-order valence-corrected chi connectivity index (χ4v) is 5.01. The summed E-state index contributed by atoms with van der Waals surface area (Å²) < 4.78 is 0. The van der Waals surface area contributed by atoms with Gasteiger partial charge in [-0.2, -0.15) is 5.26 Å². The van der Waals surface area contributed by atoms with Crippen LogP contribution < -0.4 is 16.0 Å². The predicted molar refractivity (Wildman–Crippen MR) is 110 cm³/mol. The summed E-state index contributed by atoms with van der Waals surface area (Å²) in [4.78, 5) is 50.8. The summed E-state index contributed by atoms with van der Waals surface area (Å²) >= 11 is 0. The third kappa shape index (κ3) is 3.74. The second-order valence-corrected chi connectivity index (χ2v) is 8.59. The van der Waals surface area contributed by atoms with Crippen LogP contribution in [0.2, 0.25) is 0 Å². The van der Waals surface area contributed by atoms with Crippen LogP contribution in [0.1, 0.15) is 44.6 Å². The second-order valence-electron chi connectivity index (χ2n) is 8.59. The highest BCUT2D eigenvalue weighted by molar-refractivity contribution is 6.35. The molecule has 2 fully saturated rings. The fraction of sp³-hybridized carbons (Fsp3) is 0.500. The van der Waals surface area contributed by atoms with Gasteiger partial charge in [-0.05, 0) is 37.3 Å². The summed E-state index contributed by atoms with van der Waals surface area (Å²) in [6.45, 7) is 1.47. The summed E-state index contributed by atoms with van der Waals surface area (Å²) in [6, 6.07) is 8.40. The van der Waals surface area contributed by atoms with Crippen molar-refractivity contribution >= 4 is 29.3 Å². The van der Waals surface area contributed by atoms with Crippen molar-refractivity contribution in [3.05, 3.63) is 29.8 Å². The van der Waals surface area contributed by atoms with Crippen LogP contribution in [0.4, 0.5) is 5.69 Å². The number of hydrogen-bond acceptors (Lipinski definition) is 5. The van der Waals surface area contributed by atoms with Crippen LogP contribution >= 0.6 is 0 Å². The largest absolute Gasteiger partial charge is 0.354 e. The predicted octanol–water partition coefficient (Wildman–Crippen LogP) is 0.564. The van der Waals surface area contributed by atoms with Crippen molar-refractivity contribution in [3.63, 3.8) is 0 Å². The lowest BCUT2D eigenvalue weighted by molar-refractivity contribution is -0.146. The van der Waals surface area contributed by atoms with Crippen molar-refractivity contribution in [2.75, 3.05) is 11.9 Å². The van der Waals surface area contributed by atoms with E-state index in [1.165, 1.54) is 11.8 Å². The Labute approximate surface area is 180 Å². The quantitative estimate of drug-likeness (QED) is 0.599. The summed E-state index contributed by atoms with van der Waals surface area (Å²) in [6.07, 6.45) is 2.93. The lowest BCUT2D eigenvalue weighted by Crippen LogP contribution is -2.50. The van der Waals surface area contributed by atoms with Gasteiger partial charge in [0, 0.05) is 37.7 Å². The highest BCUT2D eigenvalue weighted by Crippen LogP contribution is 2.46. The van der Waals surface area contributed by atoms with Crippen molar-refractivity contribution in [2.45, 2.75) is 62.6 Å². The van der Waals surface area contributed by atoms with E-state index in [1.54, 1.807) is 6.07 Å². The van der Waals surface area contributed by atoms with Gasteiger partial charge in [0.05, 0.1) is 11.5 Å². The molecule has 1 aromatic rings. The van der Waals surface area contributed by atoms with Gasteiger partial charge in [0.25, 0.3) is 0 Å². The maximum absolute atomic E-state index is 12.9. The molecule has 2 aliphatic heterocycles. The highest BCUT2D eigenvalue weighted by atomic mass is 16.2. The first-order valence-corrected chi connectivity index (χ1v) is 10.5. The number of carbonyl (C=O) groups is 4. The molecule has 3 N–H and O–H groups in total. The molecule has 0 radical (unpaired) electrons. The van der Waals surface area contributed by atoms with E-state index in [4.69, 9.17) is 0 Å². The Hall–Kier alpha value is -3.41. The highest BCUT2D eigenvalue weighted by Gasteiger charge is 2.56. The minimum Gasteiger partial charge on any atom is -0.354 e. The molecule has 0 unspecified atom stereocenters. The number of fused-ring (bicyclic) bond motifs is 2. The number of carbonyl (C=O) groups excluding carboxylic acids is 4. The number of benzene rings is 1. The fourth-order valence-electron chi connectivity index (χ4n) is 5.01. The molecule has 4 rings (SSSR count). The van der Waals surface area contributed by atoms with Gasteiger partial charge in [-0.15, -0.1) is 0 Å². The molecule has 1 saturated heterocycles. The SMILES string of the molecule is CC(=O)NC1CCC(NC(=O)C(=O)N2C[C@]3(C[C@H]2C#N)C(=O)Nc2ccccc23)CC1. The van der Waals surface area contributed by atoms with Crippen LogP contribution in [0.5, 0.6) is 0 Å². The molecule has 162 valence electrons. The number of nitriles is 1. The van der Waals surface area contributed by atoms with E-state index in [0.29, 0.717) is 18.5 Å². The van der Waals surface area contributed by atoms with E-state index in [0.717, 1.165) is 18.4 Å². The average Bonchev–Trinajstić information content (AvgIpc) is 3.27. The molecular formula is C22H25N5O4. The number of nitrogens with one attached hydrogen (secondary N) is 3. The molecule has 0 aromatic heterocycles. The van der Waals surface area contributed by atoms with Crippen LogP contribution in [0, 0.1) is 11.3 Å². The first-order valence-electron chi connectivity index (χ1n) is 10.5. The number of para-hydroxylation sites is 1. The molecule has 0 bridgehead atoms. The molecule has 1 aromatic carbocycles. The van der Waals surface area contributed by atoms with Crippen LogP contribution in [-0.4, -0.2) is 53.2 Å². The first-order chi connectivity index (χ1) is 14.8. The Morgan fingerprint density at radius 3 is 2.42 bits per heavy atom. The molecule has 3 aliphatic rings. The third-order valence-corrected chi connectivity index (χ3v) is 6.56. The molecule has 9 nitrogen and oxygen atoms in total. The van der Waals surface area contributed by atoms with Crippen LogP contribution in [0.3, 0.4) is 0 Å². The molecule has 1 aliphatic carbocycles. The van der Waals surface area contributed by atoms with Crippen molar-refractivity contribution in [3.8, 4) is 6.07 Å².